The van der Waals surface area contributed by atoms with Gasteiger partial charge in [0.2, 0.25) is 0 Å². The fraction of sp³-hybridized carbons (Fsp3) is 0. The van der Waals surface area contributed by atoms with Crippen molar-refractivity contribution in [3.8, 4) is 17.2 Å². The van der Waals surface area contributed by atoms with Gasteiger partial charge in [0.1, 0.15) is 17.2 Å². The summed E-state index contributed by atoms with van der Waals surface area (Å²) in [5, 5.41) is 25.9. The lowest BCUT2D eigenvalue weighted by Crippen LogP contribution is -1.61. The molecule has 0 bridgehead atoms. The van der Waals surface area contributed by atoms with Crippen LogP contribution in [0.1, 0.15) is 0 Å². The van der Waals surface area contributed by atoms with Crippen molar-refractivity contribution in [2.24, 2.45) is 0 Å². The minimum absolute atomic E-state index is 0. The molecule has 2 rings (SSSR count). The Labute approximate surface area is 93.4 Å². The highest BCUT2D eigenvalue weighted by atomic mass is 16.3. The summed E-state index contributed by atoms with van der Waals surface area (Å²) in [6.45, 7) is 0. The second-order valence-corrected chi connectivity index (χ2v) is 2.86. The van der Waals surface area contributed by atoms with E-state index < -0.39 is 0 Å². The molecular formula is C12H14O4. The van der Waals surface area contributed by atoms with Gasteiger partial charge in [-0.05, 0) is 24.3 Å². The third-order valence-electron chi connectivity index (χ3n) is 1.59. The van der Waals surface area contributed by atoms with E-state index in [1.165, 1.54) is 18.2 Å². The van der Waals surface area contributed by atoms with E-state index in [2.05, 4.69) is 0 Å². The molecule has 0 fully saturated rings. The van der Waals surface area contributed by atoms with Crippen LogP contribution in [-0.2, 0) is 0 Å². The van der Waals surface area contributed by atoms with Crippen molar-refractivity contribution in [2.75, 3.05) is 0 Å². The second-order valence-electron chi connectivity index (χ2n) is 2.86. The number of para-hydroxylation sites is 1. The Morgan fingerprint density at radius 2 is 1.00 bits per heavy atom. The van der Waals surface area contributed by atoms with Crippen molar-refractivity contribution < 1.29 is 20.8 Å². The first-order valence-electron chi connectivity index (χ1n) is 4.40. The van der Waals surface area contributed by atoms with Crippen LogP contribution in [0.5, 0.6) is 17.2 Å². The van der Waals surface area contributed by atoms with E-state index >= 15 is 0 Å². The largest absolute Gasteiger partial charge is 0.508 e. The predicted octanol–water partition coefficient (Wildman–Crippen LogP) is 1.67. The average molecular weight is 222 g/mol. The van der Waals surface area contributed by atoms with Gasteiger partial charge in [0.05, 0.1) is 0 Å². The molecule has 0 atom stereocenters. The maximum atomic E-state index is 8.65. The molecule has 86 valence electrons. The van der Waals surface area contributed by atoms with Gasteiger partial charge >= 0.3 is 0 Å². The lowest BCUT2D eigenvalue weighted by Gasteiger charge is -1.89. The summed E-state index contributed by atoms with van der Waals surface area (Å²) in [6.07, 6.45) is 0. The average Bonchev–Trinajstić information content (AvgIpc) is 2.19. The molecule has 0 unspecified atom stereocenters. The molecule has 0 amide bonds. The monoisotopic (exact) mass is 222 g/mol. The summed E-state index contributed by atoms with van der Waals surface area (Å²) >= 11 is 0. The zero-order valence-corrected chi connectivity index (χ0v) is 8.54. The quantitative estimate of drug-likeness (QED) is 0.633. The standard InChI is InChI=1S/C6H6O2.C6H6O.H2O/c7-5-2-1-3-6(8)4-5;7-6-4-2-1-3-5-6;/h1-4,7-8H;1-5,7H;1H2. The molecule has 2 aromatic carbocycles. The molecule has 0 aliphatic rings. The number of phenols is 3. The smallest absolute Gasteiger partial charge is 0.119 e. The van der Waals surface area contributed by atoms with Gasteiger partial charge in [0.15, 0.2) is 0 Å². The third kappa shape index (κ3) is 5.51. The molecule has 0 spiro atoms. The normalized spacial score (nSPS) is 8.25. The summed E-state index contributed by atoms with van der Waals surface area (Å²) in [4.78, 5) is 0. The molecule has 4 heteroatoms. The van der Waals surface area contributed by atoms with E-state index in [1.807, 2.05) is 6.07 Å². The van der Waals surface area contributed by atoms with Gasteiger partial charge in [0, 0.05) is 6.07 Å². The van der Waals surface area contributed by atoms with E-state index in [9.17, 15) is 0 Å². The molecule has 16 heavy (non-hydrogen) atoms. The van der Waals surface area contributed by atoms with Gasteiger partial charge in [-0.25, -0.2) is 0 Å². The Hall–Kier alpha value is -2.20. The second kappa shape index (κ2) is 7.14. The van der Waals surface area contributed by atoms with Crippen LogP contribution in [-0.4, -0.2) is 20.8 Å². The Kier molecular flexibility index (Phi) is 6.16. The summed E-state index contributed by atoms with van der Waals surface area (Å²) < 4.78 is 0. The van der Waals surface area contributed by atoms with Crippen molar-refractivity contribution in [2.45, 2.75) is 0 Å². The molecular weight excluding hydrogens is 208 g/mol. The molecule has 0 saturated carbocycles. The van der Waals surface area contributed by atoms with Gasteiger partial charge in [0.25, 0.3) is 0 Å². The van der Waals surface area contributed by atoms with Crippen LogP contribution in [0, 0.1) is 0 Å². The van der Waals surface area contributed by atoms with E-state index in [-0.39, 0.29) is 17.0 Å². The number of benzene rings is 2. The molecule has 0 aliphatic carbocycles. The van der Waals surface area contributed by atoms with Crippen LogP contribution in [0.15, 0.2) is 54.6 Å². The highest BCUT2D eigenvalue weighted by Crippen LogP contribution is 2.14. The van der Waals surface area contributed by atoms with E-state index in [1.54, 1.807) is 30.3 Å². The summed E-state index contributed by atoms with van der Waals surface area (Å²) in [7, 11) is 0. The number of rotatable bonds is 0. The molecule has 5 N–H and O–H groups in total. The Morgan fingerprint density at radius 3 is 1.25 bits per heavy atom. The Balaban J connectivity index is 0.000000267. The topological polar surface area (TPSA) is 92.2 Å². The van der Waals surface area contributed by atoms with Crippen LogP contribution in [0.25, 0.3) is 0 Å². The maximum Gasteiger partial charge on any atom is 0.119 e. The lowest BCUT2D eigenvalue weighted by molar-refractivity contribution is 0.450. The van der Waals surface area contributed by atoms with Crippen LogP contribution < -0.4 is 0 Å². The van der Waals surface area contributed by atoms with Gasteiger partial charge in [-0.1, -0.05) is 24.3 Å². The van der Waals surface area contributed by atoms with Crippen LogP contribution in [0.3, 0.4) is 0 Å². The molecule has 0 radical (unpaired) electrons. The highest BCUT2D eigenvalue weighted by Gasteiger charge is 1.85. The van der Waals surface area contributed by atoms with E-state index in [4.69, 9.17) is 15.3 Å². The first kappa shape index (κ1) is 13.8. The van der Waals surface area contributed by atoms with Crippen molar-refractivity contribution in [1.29, 1.82) is 0 Å². The molecule has 4 nitrogen and oxygen atoms in total. The zero-order valence-electron chi connectivity index (χ0n) is 8.54. The van der Waals surface area contributed by atoms with E-state index in [0.29, 0.717) is 5.75 Å². The highest BCUT2D eigenvalue weighted by molar-refractivity contribution is 5.30. The lowest BCUT2D eigenvalue weighted by atomic mass is 10.3. The van der Waals surface area contributed by atoms with Crippen molar-refractivity contribution in [1.82, 2.24) is 0 Å². The number of phenolic OH excluding ortho intramolecular Hbond substituents is 3. The van der Waals surface area contributed by atoms with Crippen LogP contribution >= 0.6 is 0 Å². The van der Waals surface area contributed by atoms with Gasteiger partial charge in [-0.2, -0.15) is 0 Å². The van der Waals surface area contributed by atoms with Crippen LogP contribution in [0.2, 0.25) is 0 Å². The molecule has 2 aromatic rings. The predicted molar refractivity (Wildman–Crippen MR) is 61.5 cm³/mol. The first-order valence-corrected chi connectivity index (χ1v) is 4.40. The summed E-state index contributed by atoms with van der Waals surface area (Å²) in [6, 6.07) is 14.6. The fourth-order valence-electron chi connectivity index (χ4n) is 0.921. The minimum atomic E-state index is 0. The SMILES string of the molecule is O.Oc1cccc(O)c1.Oc1ccccc1. The molecule has 0 aliphatic heterocycles. The minimum Gasteiger partial charge on any atom is -0.508 e. The Morgan fingerprint density at radius 1 is 0.562 bits per heavy atom. The summed E-state index contributed by atoms with van der Waals surface area (Å²) in [5.74, 6) is 0.498. The molecule has 0 saturated heterocycles. The number of hydrogen-bond acceptors (Lipinski definition) is 3. The number of hydrogen-bond donors (Lipinski definition) is 3. The zero-order chi connectivity index (χ0) is 11.1. The first-order chi connectivity index (χ1) is 7.18. The number of aromatic hydroxyl groups is 3. The Bertz CT molecular complexity index is 384. The summed E-state index contributed by atoms with van der Waals surface area (Å²) in [5.41, 5.74) is 0. The van der Waals surface area contributed by atoms with Crippen molar-refractivity contribution in [3.05, 3.63) is 54.6 Å². The van der Waals surface area contributed by atoms with Gasteiger partial charge in [-0.3, -0.25) is 0 Å². The maximum absolute atomic E-state index is 8.65. The van der Waals surface area contributed by atoms with Crippen molar-refractivity contribution in [3.63, 3.8) is 0 Å². The molecule has 0 aromatic heterocycles. The third-order valence-corrected chi connectivity index (χ3v) is 1.59. The van der Waals surface area contributed by atoms with Gasteiger partial charge < -0.3 is 20.8 Å². The van der Waals surface area contributed by atoms with Crippen LogP contribution in [0.4, 0.5) is 0 Å². The van der Waals surface area contributed by atoms with Gasteiger partial charge in [-0.15, -0.1) is 0 Å². The molecule has 0 heterocycles. The van der Waals surface area contributed by atoms with E-state index in [0.717, 1.165) is 0 Å². The fourth-order valence-corrected chi connectivity index (χ4v) is 0.921. The van der Waals surface area contributed by atoms with Crippen molar-refractivity contribution >= 4 is 0 Å².